The second kappa shape index (κ2) is 12.8. The normalized spacial score (nSPS) is 15.4. The van der Waals surface area contributed by atoms with Gasteiger partial charge in [-0.15, -0.1) is 0 Å². The summed E-state index contributed by atoms with van der Waals surface area (Å²) in [7, 11) is -3.76. The van der Waals surface area contributed by atoms with E-state index < -0.39 is 21.7 Å². The van der Waals surface area contributed by atoms with Crippen molar-refractivity contribution in [1.29, 1.82) is 5.26 Å². The van der Waals surface area contributed by atoms with E-state index >= 15 is 0 Å². The van der Waals surface area contributed by atoms with Crippen LogP contribution in [-0.2, 0) is 27.6 Å². The Labute approximate surface area is 263 Å². The molecular formula is C32H37N7O5S. The number of nitriles is 1. The van der Waals surface area contributed by atoms with Crippen molar-refractivity contribution >= 4 is 33.7 Å². The first-order valence-electron chi connectivity index (χ1n) is 14.9. The Kier molecular flexibility index (Phi) is 9.08. The molecule has 1 N–H and O–H groups in total. The fourth-order valence-corrected chi connectivity index (χ4v) is 6.89. The van der Waals surface area contributed by atoms with E-state index in [0.717, 1.165) is 11.1 Å². The quantitative estimate of drug-likeness (QED) is 0.414. The van der Waals surface area contributed by atoms with Crippen LogP contribution in [0.5, 0.6) is 0 Å². The molecule has 2 amide bonds. The molecule has 0 aliphatic carbocycles. The van der Waals surface area contributed by atoms with Crippen LogP contribution in [0.25, 0.3) is 0 Å². The van der Waals surface area contributed by atoms with E-state index in [-0.39, 0.29) is 29.6 Å². The maximum absolute atomic E-state index is 13.6. The van der Waals surface area contributed by atoms with E-state index in [9.17, 15) is 23.3 Å². The molecule has 5 rings (SSSR count). The number of carbonyl (C=O) groups excluding carboxylic acids is 2. The van der Waals surface area contributed by atoms with E-state index in [2.05, 4.69) is 15.3 Å². The lowest BCUT2D eigenvalue weighted by atomic mass is 10.1. The molecule has 0 saturated carbocycles. The van der Waals surface area contributed by atoms with Gasteiger partial charge in [0.1, 0.15) is 17.4 Å². The van der Waals surface area contributed by atoms with Crippen molar-refractivity contribution in [2.45, 2.75) is 51.0 Å². The molecule has 0 radical (unpaired) electrons. The number of ether oxygens (including phenoxy) is 1. The molecule has 13 heteroatoms. The Morgan fingerprint density at radius 2 is 1.78 bits per heavy atom. The van der Waals surface area contributed by atoms with Crippen molar-refractivity contribution < 1.29 is 22.7 Å². The first kappa shape index (κ1) is 31.9. The zero-order valence-corrected chi connectivity index (χ0v) is 26.7. The molecular weight excluding hydrogens is 594 g/mol. The summed E-state index contributed by atoms with van der Waals surface area (Å²) in [5.41, 5.74) is 3.30. The van der Waals surface area contributed by atoms with Gasteiger partial charge in [-0.2, -0.15) is 9.57 Å². The second-order valence-electron chi connectivity index (χ2n) is 12.1. The van der Waals surface area contributed by atoms with E-state index in [1.165, 1.54) is 4.31 Å². The largest absolute Gasteiger partial charge is 0.444 e. The van der Waals surface area contributed by atoms with Gasteiger partial charge in [0.05, 0.1) is 4.90 Å². The number of alkyl carbamates (subject to hydrolysis) is 1. The SMILES string of the molecule is Cc1cc(C#N)nc(N2CCN(S(=O)(=O)c3ccc4c(c3)CCN4C(=O)c3cccc(CCNC(=O)OC(C)(C)C)c3)CC2)n1. The van der Waals surface area contributed by atoms with Gasteiger partial charge in [0.2, 0.25) is 16.0 Å². The number of benzene rings is 2. The maximum atomic E-state index is 13.6. The third kappa shape index (κ3) is 7.41. The molecule has 0 atom stereocenters. The minimum Gasteiger partial charge on any atom is -0.444 e. The average Bonchev–Trinajstić information content (AvgIpc) is 3.43. The van der Waals surface area contributed by atoms with Crippen LogP contribution in [0.15, 0.2) is 53.4 Å². The number of aryl methyl sites for hydroxylation is 1. The van der Waals surface area contributed by atoms with E-state index in [1.54, 1.807) is 62.9 Å². The molecule has 3 heterocycles. The lowest BCUT2D eigenvalue weighted by Crippen LogP contribution is -2.49. The average molecular weight is 632 g/mol. The third-order valence-corrected chi connectivity index (χ3v) is 9.46. The highest BCUT2D eigenvalue weighted by Gasteiger charge is 2.32. The van der Waals surface area contributed by atoms with Crippen LogP contribution in [0.4, 0.5) is 16.4 Å². The number of carbonyl (C=O) groups is 2. The topological polar surface area (TPSA) is 149 Å². The Morgan fingerprint density at radius 1 is 1.02 bits per heavy atom. The summed E-state index contributed by atoms with van der Waals surface area (Å²) in [6.45, 7) is 9.33. The Bertz CT molecular complexity index is 1760. The fourth-order valence-electron chi connectivity index (χ4n) is 5.42. The minimum atomic E-state index is -3.76. The first-order valence-corrected chi connectivity index (χ1v) is 16.3. The van der Waals surface area contributed by atoms with Gasteiger partial charge in [-0.05, 0) is 88.1 Å². The van der Waals surface area contributed by atoms with Crippen molar-refractivity contribution in [2.75, 3.05) is 49.1 Å². The van der Waals surface area contributed by atoms with Gasteiger partial charge in [-0.3, -0.25) is 4.79 Å². The molecule has 2 aliphatic rings. The van der Waals surface area contributed by atoms with Crippen LogP contribution in [0.2, 0.25) is 0 Å². The van der Waals surface area contributed by atoms with Crippen molar-refractivity contribution in [3.63, 3.8) is 0 Å². The van der Waals surface area contributed by atoms with Gasteiger partial charge < -0.3 is 19.9 Å². The standard InChI is InChI=1S/C32H37N7O5S/c1-22-18-26(21-33)36-30(35-22)37-14-16-38(17-15-37)45(42,43)27-8-9-28-24(20-27)11-13-39(28)29(40)25-7-5-6-23(19-25)10-12-34-31(41)44-32(2,3)4/h5-9,18-20H,10-17H2,1-4H3,(H,34,41). The number of rotatable bonds is 7. The van der Waals surface area contributed by atoms with Crippen LogP contribution in [0.3, 0.4) is 0 Å². The smallest absolute Gasteiger partial charge is 0.407 e. The number of sulfonamides is 1. The van der Waals surface area contributed by atoms with Gasteiger partial charge >= 0.3 is 6.09 Å². The van der Waals surface area contributed by atoms with Gasteiger partial charge in [0, 0.05) is 56.2 Å². The molecule has 1 saturated heterocycles. The molecule has 12 nitrogen and oxygen atoms in total. The predicted molar refractivity (Wildman–Crippen MR) is 169 cm³/mol. The lowest BCUT2D eigenvalue weighted by molar-refractivity contribution is 0.0528. The summed E-state index contributed by atoms with van der Waals surface area (Å²) in [6.07, 6.45) is 0.591. The summed E-state index contributed by atoms with van der Waals surface area (Å²) in [4.78, 5) is 37.9. The molecule has 0 bridgehead atoms. The highest BCUT2D eigenvalue weighted by Crippen LogP contribution is 2.32. The van der Waals surface area contributed by atoms with Crippen molar-refractivity contribution in [3.05, 3.63) is 76.6 Å². The molecule has 1 fully saturated rings. The number of hydrogen-bond donors (Lipinski definition) is 1. The van der Waals surface area contributed by atoms with Crippen molar-refractivity contribution in [1.82, 2.24) is 19.6 Å². The van der Waals surface area contributed by atoms with Gasteiger partial charge in [-0.25, -0.2) is 23.2 Å². The van der Waals surface area contributed by atoms with E-state index in [4.69, 9.17) is 4.74 Å². The number of fused-ring (bicyclic) bond motifs is 1. The number of amides is 2. The second-order valence-corrected chi connectivity index (χ2v) is 14.0. The van der Waals surface area contributed by atoms with Crippen LogP contribution in [0, 0.1) is 18.3 Å². The fraction of sp³-hybridized carbons (Fsp3) is 0.406. The lowest BCUT2D eigenvalue weighted by Gasteiger charge is -2.34. The van der Waals surface area contributed by atoms with E-state index in [0.29, 0.717) is 61.9 Å². The predicted octanol–water partition coefficient (Wildman–Crippen LogP) is 3.44. The van der Waals surface area contributed by atoms with Crippen LogP contribution in [-0.4, -0.2) is 79.6 Å². The van der Waals surface area contributed by atoms with Gasteiger partial charge in [0.25, 0.3) is 5.91 Å². The van der Waals surface area contributed by atoms with Crippen molar-refractivity contribution in [3.8, 4) is 6.07 Å². The molecule has 45 heavy (non-hydrogen) atoms. The zero-order valence-electron chi connectivity index (χ0n) is 25.9. The zero-order chi connectivity index (χ0) is 32.4. The summed E-state index contributed by atoms with van der Waals surface area (Å²) in [5, 5.41) is 12.0. The van der Waals surface area contributed by atoms with Gasteiger partial charge in [-0.1, -0.05) is 12.1 Å². The molecule has 3 aromatic rings. The summed E-state index contributed by atoms with van der Waals surface area (Å²) < 4.78 is 33.9. The molecule has 0 spiro atoms. The third-order valence-electron chi connectivity index (χ3n) is 7.56. The molecule has 1 aromatic heterocycles. The van der Waals surface area contributed by atoms with Crippen LogP contribution < -0.4 is 15.1 Å². The summed E-state index contributed by atoms with van der Waals surface area (Å²) >= 11 is 0. The Morgan fingerprint density at radius 3 is 2.49 bits per heavy atom. The number of anilines is 2. The number of aromatic nitrogens is 2. The summed E-state index contributed by atoms with van der Waals surface area (Å²) in [6, 6.07) is 15.9. The number of nitrogens with zero attached hydrogens (tertiary/aromatic N) is 6. The number of nitrogens with one attached hydrogen (secondary N) is 1. The summed E-state index contributed by atoms with van der Waals surface area (Å²) in [5.74, 6) is 0.259. The van der Waals surface area contributed by atoms with Crippen LogP contribution >= 0.6 is 0 Å². The minimum absolute atomic E-state index is 0.166. The highest BCUT2D eigenvalue weighted by molar-refractivity contribution is 7.89. The molecule has 0 unspecified atom stereocenters. The maximum Gasteiger partial charge on any atom is 0.407 e. The first-order chi connectivity index (χ1) is 21.3. The van der Waals surface area contributed by atoms with Crippen molar-refractivity contribution in [2.24, 2.45) is 0 Å². The number of piperazine rings is 1. The monoisotopic (exact) mass is 631 g/mol. The number of hydrogen-bond acceptors (Lipinski definition) is 9. The van der Waals surface area contributed by atoms with Gasteiger partial charge in [0.15, 0.2) is 0 Å². The highest BCUT2D eigenvalue weighted by atomic mass is 32.2. The Hall–Kier alpha value is -4.54. The van der Waals surface area contributed by atoms with E-state index in [1.807, 2.05) is 29.2 Å². The molecule has 2 aromatic carbocycles. The Balaban J connectivity index is 1.22. The van der Waals surface area contributed by atoms with Crippen LogP contribution in [0.1, 0.15) is 53.6 Å². The molecule has 2 aliphatic heterocycles. The molecule has 236 valence electrons.